The van der Waals surface area contributed by atoms with Crippen molar-refractivity contribution in [3.63, 3.8) is 0 Å². The van der Waals surface area contributed by atoms with Gasteiger partial charge in [-0.15, -0.1) is 0 Å². The zero-order chi connectivity index (χ0) is 14.2. The molecule has 0 aliphatic rings. The summed E-state index contributed by atoms with van der Waals surface area (Å²) in [7, 11) is 1.41. The zero-order valence-corrected chi connectivity index (χ0v) is 10.4. The molecule has 0 unspecified atom stereocenters. The molecule has 3 aromatic carbocycles. The van der Waals surface area contributed by atoms with Gasteiger partial charge in [-0.05, 0) is 24.3 Å². The molecule has 0 aliphatic heterocycles. The molecule has 0 saturated heterocycles. The number of pyridine rings is 1. The number of benzene rings is 2. The van der Waals surface area contributed by atoms with Crippen LogP contribution < -0.4 is 22.0 Å². The van der Waals surface area contributed by atoms with Gasteiger partial charge in [0, 0.05) is 39.4 Å². The molecule has 0 spiro atoms. The molecule has 0 saturated carbocycles. The lowest BCUT2D eigenvalue weighted by atomic mass is 10.00. The topological polar surface area (TPSA) is 73.2 Å². The molecular weight excluding hydrogens is 258 g/mol. The molecule has 0 radical (unpaired) electrons. The molecule has 1 aromatic heterocycles. The molecule has 0 aliphatic carbocycles. The second-order valence-electron chi connectivity index (χ2n) is 4.90. The minimum atomic E-state index is -0.581. The minimum Gasteiger partial charge on any atom is -0.285 e. The third kappa shape index (κ3) is 1.00. The molecule has 0 amide bonds. The van der Waals surface area contributed by atoms with Crippen LogP contribution in [-0.2, 0) is 7.05 Å². The first-order valence-electron chi connectivity index (χ1n) is 6.03. The Morgan fingerprint density at radius 3 is 1.45 bits per heavy atom. The third-order valence-electron chi connectivity index (χ3n) is 3.93. The predicted molar refractivity (Wildman–Crippen MR) is 76.6 cm³/mol. The monoisotopic (exact) mass is 265 g/mol. The second kappa shape index (κ2) is 3.19. The zero-order valence-electron chi connectivity index (χ0n) is 10.4. The highest BCUT2D eigenvalue weighted by molar-refractivity contribution is 6.23. The van der Waals surface area contributed by atoms with Crippen molar-refractivity contribution in [1.29, 1.82) is 0 Å². The van der Waals surface area contributed by atoms with Gasteiger partial charge in [-0.3, -0.25) is 23.7 Å². The lowest BCUT2D eigenvalue weighted by Gasteiger charge is -2.06. The normalized spacial score (nSPS) is 12.1. The summed E-state index contributed by atoms with van der Waals surface area (Å²) in [5, 5.41) is 2.11. The molecule has 0 fully saturated rings. The number of aromatic nitrogens is 1. The average molecular weight is 265 g/mol. The van der Waals surface area contributed by atoms with Gasteiger partial charge in [-0.2, -0.15) is 0 Å². The number of hydrogen-bond donors (Lipinski definition) is 0. The number of nitrogens with zero attached hydrogens (tertiary/aromatic N) is 1. The van der Waals surface area contributed by atoms with Gasteiger partial charge in [0.2, 0.25) is 10.9 Å². The lowest BCUT2D eigenvalue weighted by Crippen LogP contribution is -2.30. The van der Waals surface area contributed by atoms with Crippen LogP contribution in [0.4, 0.5) is 0 Å². The van der Waals surface area contributed by atoms with E-state index in [0.29, 0.717) is 21.5 Å². The van der Waals surface area contributed by atoms with Crippen LogP contribution in [0.15, 0.2) is 43.4 Å². The SMILES string of the molecule is Cn1c(=O)c2ccc3c(=O)c(=O)c4ccc(c1=O)c2c34. The van der Waals surface area contributed by atoms with Gasteiger partial charge >= 0.3 is 0 Å². The van der Waals surface area contributed by atoms with Crippen molar-refractivity contribution in [2.75, 3.05) is 0 Å². The van der Waals surface area contributed by atoms with E-state index in [-0.39, 0.29) is 10.8 Å². The number of hydrogen-bond acceptors (Lipinski definition) is 4. The Morgan fingerprint density at radius 1 is 0.650 bits per heavy atom. The van der Waals surface area contributed by atoms with Crippen LogP contribution in [-0.4, -0.2) is 4.57 Å². The van der Waals surface area contributed by atoms with E-state index in [4.69, 9.17) is 0 Å². The largest absolute Gasteiger partial charge is 0.285 e. The van der Waals surface area contributed by atoms with Gasteiger partial charge < -0.3 is 0 Å². The van der Waals surface area contributed by atoms with E-state index in [1.165, 1.54) is 31.3 Å². The smallest absolute Gasteiger partial charge is 0.261 e. The van der Waals surface area contributed by atoms with Crippen molar-refractivity contribution in [2.24, 2.45) is 7.05 Å². The molecule has 96 valence electrons. The Balaban J connectivity index is 2.62. The van der Waals surface area contributed by atoms with Crippen LogP contribution in [0.25, 0.3) is 32.3 Å². The molecule has 5 heteroatoms. The molecule has 4 aromatic rings. The molecule has 0 bridgehead atoms. The fraction of sp³-hybridized carbons (Fsp3) is 0.0667. The van der Waals surface area contributed by atoms with Gasteiger partial charge in [0.25, 0.3) is 11.1 Å². The third-order valence-corrected chi connectivity index (χ3v) is 3.93. The van der Waals surface area contributed by atoms with E-state index >= 15 is 0 Å². The van der Waals surface area contributed by atoms with Crippen molar-refractivity contribution >= 4 is 32.3 Å². The number of rotatable bonds is 0. The van der Waals surface area contributed by atoms with E-state index < -0.39 is 22.0 Å². The molecule has 20 heavy (non-hydrogen) atoms. The summed E-state index contributed by atoms with van der Waals surface area (Å²) in [6.45, 7) is 0. The van der Waals surface area contributed by atoms with Gasteiger partial charge in [0.1, 0.15) is 0 Å². The van der Waals surface area contributed by atoms with E-state index in [0.717, 1.165) is 4.57 Å². The van der Waals surface area contributed by atoms with Crippen LogP contribution in [0.3, 0.4) is 0 Å². The quantitative estimate of drug-likeness (QED) is 0.427. The Hall–Kier alpha value is -2.82. The predicted octanol–water partition coefficient (Wildman–Crippen LogP) is 0.239. The van der Waals surface area contributed by atoms with E-state index in [1.54, 1.807) is 0 Å². The molecule has 1 heterocycles. The van der Waals surface area contributed by atoms with E-state index in [1.807, 2.05) is 0 Å². The van der Waals surface area contributed by atoms with E-state index in [9.17, 15) is 19.2 Å². The maximum absolute atomic E-state index is 12.2. The Morgan fingerprint density at radius 2 is 1.00 bits per heavy atom. The Bertz CT molecular complexity index is 1130. The Labute approximate surface area is 110 Å². The van der Waals surface area contributed by atoms with Crippen LogP contribution >= 0.6 is 0 Å². The Kier molecular flexibility index (Phi) is 1.76. The molecule has 4 rings (SSSR count). The highest BCUT2D eigenvalue weighted by Gasteiger charge is 2.19. The minimum absolute atomic E-state index is 0.274. The van der Waals surface area contributed by atoms with Gasteiger partial charge in [0.15, 0.2) is 0 Å². The van der Waals surface area contributed by atoms with Crippen LogP contribution in [0, 0.1) is 0 Å². The van der Waals surface area contributed by atoms with Gasteiger partial charge in [-0.25, -0.2) is 0 Å². The summed E-state index contributed by atoms with van der Waals surface area (Å²) in [5.41, 5.74) is -2.00. The maximum atomic E-state index is 12.2. The molecule has 0 N–H and O–H groups in total. The van der Waals surface area contributed by atoms with E-state index in [2.05, 4.69) is 0 Å². The molecule has 5 nitrogen and oxygen atoms in total. The van der Waals surface area contributed by atoms with Crippen molar-refractivity contribution < 1.29 is 0 Å². The first-order chi connectivity index (χ1) is 9.52. The first kappa shape index (κ1) is 11.0. The van der Waals surface area contributed by atoms with Crippen molar-refractivity contribution in [3.8, 4) is 0 Å². The average Bonchev–Trinajstić information content (AvgIpc) is 2.71. The van der Waals surface area contributed by atoms with Crippen LogP contribution in [0.5, 0.6) is 0 Å². The molecular formula is C15H7NO4. The summed E-state index contributed by atoms with van der Waals surface area (Å²) in [6, 6.07) is 5.98. The standard InChI is InChI=1S/C15H7NO4/c1-16-14(19)8-4-2-6-10-7(13(18)12(6)17)3-5-9(11(8)10)15(16)20/h2-5H,1H3. The van der Waals surface area contributed by atoms with Crippen LogP contribution in [0.2, 0.25) is 0 Å². The highest BCUT2D eigenvalue weighted by Crippen LogP contribution is 2.28. The lowest BCUT2D eigenvalue weighted by molar-refractivity contribution is 0.841. The second-order valence-corrected chi connectivity index (χ2v) is 4.90. The van der Waals surface area contributed by atoms with Crippen molar-refractivity contribution in [3.05, 3.63) is 65.4 Å². The first-order valence-corrected chi connectivity index (χ1v) is 6.03. The summed E-state index contributed by atoms with van der Waals surface area (Å²) >= 11 is 0. The van der Waals surface area contributed by atoms with Crippen LogP contribution in [0.1, 0.15) is 0 Å². The van der Waals surface area contributed by atoms with Gasteiger partial charge in [-0.1, -0.05) is 0 Å². The maximum Gasteiger partial charge on any atom is 0.261 e. The highest BCUT2D eigenvalue weighted by atomic mass is 16.2. The van der Waals surface area contributed by atoms with Crippen molar-refractivity contribution in [2.45, 2.75) is 0 Å². The summed E-state index contributed by atoms with van der Waals surface area (Å²) < 4.78 is 1.04. The van der Waals surface area contributed by atoms with Gasteiger partial charge in [0.05, 0.1) is 0 Å². The fourth-order valence-electron chi connectivity index (χ4n) is 2.93. The summed E-state index contributed by atoms with van der Waals surface area (Å²) in [4.78, 5) is 48.1. The summed E-state index contributed by atoms with van der Waals surface area (Å²) in [6.07, 6.45) is 0. The summed E-state index contributed by atoms with van der Waals surface area (Å²) in [5.74, 6) is 0. The molecule has 0 atom stereocenters. The van der Waals surface area contributed by atoms with Crippen molar-refractivity contribution in [1.82, 2.24) is 4.57 Å². The fourth-order valence-corrected chi connectivity index (χ4v) is 2.93.